The molecule has 0 aromatic carbocycles. The molecule has 0 N–H and O–H groups in total. The molecule has 1 amide bonds. The average Bonchev–Trinajstić information content (AvgIpc) is 2.43. The molecule has 1 rings (SSSR count). The molecule has 0 spiro atoms. The predicted molar refractivity (Wildman–Crippen MR) is 74.6 cm³/mol. The third kappa shape index (κ3) is 4.22. The summed E-state index contributed by atoms with van der Waals surface area (Å²) >= 11 is 0. The van der Waals surface area contributed by atoms with Gasteiger partial charge in [-0.25, -0.2) is 0 Å². The molecule has 19 heavy (non-hydrogen) atoms. The lowest BCUT2D eigenvalue weighted by molar-refractivity contribution is -0.147. The normalized spacial score (nSPS) is 24.6. The molecule has 0 radical (unpaired) electrons. The first-order chi connectivity index (χ1) is 9.01. The van der Waals surface area contributed by atoms with Gasteiger partial charge in [0.15, 0.2) is 0 Å². The lowest BCUT2D eigenvalue weighted by Crippen LogP contribution is -2.48. The third-order valence-corrected chi connectivity index (χ3v) is 4.16. The van der Waals surface area contributed by atoms with Gasteiger partial charge in [-0.3, -0.25) is 9.59 Å². The molecule has 0 saturated heterocycles. The number of methoxy groups -OCH3 is 1. The van der Waals surface area contributed by atoms with Crippen molar-refractivity contribution in [2.75, 3.05) is 13.7 Å². The molecule has 1 aliphatic carbocycles. The summed E-state index contributed by atoms with van der Waals surface area (Å²) in [5, 5.41) is 0. The Morgan fingerprint density at radius 1 is 1.32 bits per heavy atom. The van der Waals surface area contributed by atoms with Crippen LogP contribution < -0.4 is 0 Å². The summed E-state index contributed by atoms with van der Waals surface area (Å²) in [5.74, 6) is 0.176. The molecule has 1 aliphatic rings. The highest BCUT2D eigenvalue weighted by Gasteiger charge is 2.31. The summed E-state index contributed by atoms with van der Waals surface area (Å²) < 4.78 is 4.76. The smallest absolute Gasteiger partial charge is 0.310 e. The maximum absolute atomic E-state index is 12.2. The van der Waals surface area contributed by atoms with Crippen LogP contribution in [0.15, 0.2) is 0 Å². The van der Waals surface area contributed by atoms with E-state index in [1.165, 1.54) is 26.4 Å². The predicted octanol–water partition coefficient (Wildman–Crippen LogP) is 2.61. The van der Waals surface area contributed by atoms with Crippen molar-refractivity contribution in [2.24, 2.45) is 11.8 Å². The van der Waals surface area contributed by atoms with Crippen molar-refractivity contribution in [3.05, 3.63) is 0 Å². The number of nitrogens with zero attached hydrogens (tertiary/aromatic N) is 1. The van der Waals surface area contributed by atoms with Gasteiger partial charge < -0.3 is 9.64 Å². The molecular formula is C15H27NO3. The highest BCUT2D eigenvalue weighted by molar-refractivity contribution is 5.78. The summed E-state index contributed by atoms with van der Waals surface area (Å²) in [5.41, 5.74) is 0. The van der Waals surface area contributed by atoms with E-state index in [4.69, 9.17) is 4.74 Å². The van der Waals surface area contributed by atoms with E-state index in [1.54, 1.807) is 0 Å². The van der Waals surface area contributed by atoms with E-state index in [-0.39, 0.29) is 23.8 Å². The first-order valence-electron chi connectivity index (χ1n) is 7.38. The van der Waals surface area contributed by atoms with Crippen molar-refractivity contribution < 1.29 is 14.3 Å². The number of hydrogen-bond donors (Lipinski definition) is 0. The minimum Gasteiger partial charge on any atom is -0.469 e. The molecule has 1 fully saturated rings. The van der Waals surface area contributed by atoms with Gasteiger partial charge in [-0.05, 0) is 18.8 Å². The largest absolute Gasteiger partial charge is 0.469 e. The number of ether oxygens (including phenoxy) is 1. The number of amides is 1. The van der Waals surface area contributed by atoms with Crippen LogP contribution in [0, 0.1) is 11.8 Å². The SMILES string of the molecule is CCC(=O)N(CC(C)C(=O)OC)C1CCCCC1C. The summed E-state index contributed by atoms with van der Waals surface area (Å²) in [6.45, 7) is 6.40. The fourth-order valence-electron chi connectivity index (χ4n) is 2.96. The van der Waals surface area contributed by atoms with Crippen LogP contribution in [0.4, 0.5) is 0 Å². The van der Waals surface area contributed by atoms with E-state index in [2.05, 4.69) is 6.92 Å². The molecule has 0 aromatic rings. The van der Waals surface area contributed by atoms with Crippen molar-refractivity contribution in [1.82, 2.24) is 4.90 Å². The lowest BCUT2D eigenvalue weighted by Gasteiger charge is -2.39. The quantitative estimate of drug-likeness (QED) is 0.721. The maximum atomic E-state index is 12.2. The van der Waals surface area contributed by atoms with Crippen molar-refractivity contribution in [2.45, 2.75) is 58.9 Å². The fraction of sp³-hybridized carbons (Fsp3) is 0.867. The Hall–Kier alpha value is -1.06. The number of rotatable bonds is 5. The Bertz CT molecular complexity index is 317. The number of carbonyl (C=O) groups excluding carboxylic acids is 2. The molecule has 0 aliphatic heterocycles. The fourth-order valence-corrected chi connectivity index (χ4v) is 2.96. The second kappa shape index (κ2) is 7.51. The molecule has 3 unspecified atom stereocenters. The molecule has 4 heteroatoms. The Morgan fingerprint density at radius 2 is 1.95 bits per heavy atom. The van der Waals surface area contributed by atoms with Crippen LogP contribution in [0.3, 0.4) is 0 Å². The van der Waals surface area contributed by atoms with Gasteiger partial charge in [0.05, 0.1) is 13.0 Å². The zero-order valence-electron chi connectivity index (χ0n) is 12.6. The topological polar surface area (TPSA) is 46.6 Å². The van der Waals surface area contributed by atoms with Gasteiger partial charge in [0.1, 0.15) is 0 Å². The van der Waals surface area contributed by atoms with Crippen LogP contribution in [0.25, 0.3) is 0 Å². The molecular weight excluding hydrogens is 242 g/mol. The molecule has 110 valence electrons. The highest BCUT2D eigenvalue weighted by atomic mass is 16.5. The van der Waals surface area contributed by atoms with Gasteiger partial charge in [-0.15, -0.1) is 0 Å². The first kappa shape index (κ1) is 16.0. The Labute approximate surface area is 116 Å². The Morgan fingerprint density at radius 3 is 2.47 bits per heavy atom. The lowest BCUT2D eigenvalue weighted by atomic mass is 9.84. The Balaban J connectivity index is 2.76. The van der Waals surface area contributed by atoms with Crippen LogP contribution in [0.1, 0.15) is 52.9 Å². The van der Waals surface area contributed by atoms with E-state index < -0.39 is 0 Å². The molecule has 1 saturated carbocycles. The van der Waals surface area contributed by atoms with Crippen LogP contribution in [0.5, 0.6) is 0 Å². The minimum atomic E-state index is -0.255. The van der Waals surface area contributed by atoms with Gasteiger partial charge in [0.2, 0.25) is 5.91 Å². The Kier molecular flexibility index (Phi) is 6.32. The summed E-state index contributed by atoms with van der Waals surface area (Å²) in [6, 6.07) is 0.285. The number of hydrogen-bond acceptors (Lipinski definition) is 3. The third-order valence-electron chi connectivity index (χ3n) is 4.16. The van der Waals surface area contributed by atoms with Gasteiger partial charge in [-0.1, -0.05) is 33.6 Å². The average molecular weight is 269 g/mol. The van der Waals surface area contributed by atoms with E-state index in [0.717, 1.165) is 6.42 Å². The van der Waals surface area contributed by atoms with Crippen molar-refractivity contribution in [1.29, 1.82) is 0 Å². The zero-order chi connectivity index (χ0) is 14.4. The molecule has 0 heterocycles. The monoisotopic (exact) mass is 269 g/mol. The van der Waals surface area contributed by atoms with Crippen molar-refractivity contribution in [3.63, 3.8) is 0 Å². The maximum Gasteiger partial charge on any atom is 0.310 e. The molecule has 3 atom stereocenters. The van der Waals surface area contributed by atoms with Crippen LogP contribution in [-0.4, -0.2) is 36.5 Å². The highest BCUT2D eigenvalue weighted by Crippen LogP contribution is 2.29. The number of carbonyl (C=O) groups is 2. The van der Waals surface area contributed by atoms with Gasteiger partial charge in [-0.2, -0.15) is 0 Å². The van der Waals surface area contributed by atoms with Crippen LogP contribution in [0.2, 0.25) is 0 Å². The van der Waals surface area contributed by atoms with E-state index in [1.807, 2.05) is 18.7 Å². The standard InChI is InChI=1S/C15H27NO3/c1-5-14(17)16(10-12(3)15(18)19-4)13-9-7-6-8-11(13)2/h11-13H,5-10H2,1-4H3. The first-order valence-corrected chi connectivity index (χ1v) is 7.38. The van der Waals surface area contributed by atoms with E-state index in [0.29, 0.717) is 18.9 Å². The van der Waals surface area contributed by atoms with Crippen LogP contribution >= 0.6 is 0 Å². The van der Waals surface area contributed by atoms with Crippen molar-refractivity contribution >= 4 is 11.9 Å². The van der Waals surface area contributed by atoms with E-state index in [9.17, 15) is 9.59 Å². The summed E-state index contributed by atoms with van der Waals surface area (Å²) in [6.07, 6.45) is 5.15. The van der Waals surface area contributed by atoms with E-state index >= 15 is 0 Å². The number of esters is 1. The molecule has 0 aromatic heterocycles. The van der Waals surface area contributed by atoms with Crippen LogP contribution in [-0.2, 0) is 14.3 Å². The zero-order valence-corrected chi connectivity index (χ0v) is 12.6. The van der Waals surface area contributed by atoms with Gasteiger partial charge >= 0.3 is 5.97 Å². The summed E-state index contributed by atoms with van der Waals surface area (Å²) in [4.78, 5) is 25.7. The van der Waals surface area contributed by atoms with Crippen molar-refractivity contribution in [3.8, 4) is 0 Å². The second-order valence-corrected chi connectivity index (χ2v) is 5.65. The summed E-state index contributed by atoms with van der Waals surface area (Å²) in [7, 11) is 1.40. The minimum absolute atomic E-state index is 0.148. The molecule has 0 bridgehead atoms. The van der Waals surface area contributed by atoms with Gasteiger partial charge in [0.25, 0.3) is 0 Å². The van der Waals surface area contributed by atoms with Gasteiger partial charge in [0, 0.05) is 19.0 Å². The second-order valence-electron chi connectivity index (χ2n) is 5.65. The molecule has 4 nitrogen and oxygen atoms in total.